The molecule has 2 N–H and O–H groups in total. The maximum atomic E-state index is 12.6. The summed E-state index contributed by atoms with van der Waals surface area (Å²) in [5.74, 6) is -0.337. The maximum absolute atomic E-state index is 12.6. The second-order valence-electron chi connectivity index (χ2n) is 2.99. The first-order valence-electron chi connectivity index (χ1n) is 4.16. The van der Waals surface area contributed by atoms with E-state index in [2.05, 4.69) is 10.3 Å². The molecular formula is C9H13FN2O. The highest BCUT2D eigenvalue weighted by atomic mass is 19.1. The zero-order chi connectivity index (χ0) is 9.68. The Hall–Kier alpha value is -1.00. The Morgan fingerprint density at radius 1 is 1.62 bits per heavy atom. The summed E-state index contributed by atoms with van der Waals surface area (Å²) in [6, 6.07) is 1.42. The van der Waals surface area contributed by atoms with Gasteiger partial charge in [0.15, 0.2) is 0 Å². The summed E-state index contributed by atoms with van der Waals surface area (Å²) in [5.41, 5.74) is 0.778. The van der Waals surface area contributed by atoms with E-state index in [4.69, 9.17) is 5.11 Å². The molecular weight excluding hydrogens is 171 g/mol. The predicted molar refractivity (Wildman–Crippen MR) is 47.6 cm³/mol. The molecule has 0 aromatic carbocycles. The molecule has 0 aliphatic rings. The number of aromatic nitrogens is 1. The molecule has 0 spiro atoms. The van der Waals surface area contributed by atoms with E-state index in [1.807, 2.05) is 0 Å². The van der Waals surface area contributed by atoms with E-state index in [0.717, 1.165) is 11.8 Å². The molecule has 0 amide bonds. The molecule has 1 aromatic rings. The average Bonchev–Trinajstić information content (AvgIpc) is 2.03. The molecule has 0 aliphatic heterocycles. The van der Waals surface area contributed by atoms with Gasteiger partial charge >= 0.3 is 0 Å². The first kappa shape index (κ1) is 10.1. The van der Waals surface area contributed by atoms with Crippen molar-refractivity contribution in [3.05, 3.63) is 29.8 Å². The van der Waals surface area contributed by atoms with Gasteiger partial charge in [-0.1, -0.05) is 0 Å². The van der Waals surface area contributed by atoms with Crippen molar-refractivity contribution < 1.29 is 9.50 Å². The van der Waals surface area contributed by atoms with E-state index in [1.165, 1.54) is 6.07 Å². The van der Waals surface area contributed by atoms with Crippen LogP contribution < -0.4 is 5.32 Å². The zero-order valence-corrected chi connectivity index (χ0v) is 7.50. The van der Waals surface area contributed by atoms with Crippen LogP contribution in [0, 0.1) is 5.82 Å². The molecule has 1 unspecified atom stereocenters. The summed E-state index contributed by atoms with van der Waals surface area (Å²) >= 11 is 0. The second kappa shape index (κ2) is 4.89. The zero-order valence-electron chi connectivity index (χ0n) is 7.50. The topological polar surface area (TPSA) is 45.1 Å². The Morgan fingerprint density at radius 3 is 3.00 bits per heavy atom. The van der Waals surface area contributed by atoms with Gasteiger partial charge in [0.05, 0.1) is 12.3 Å². The standard InChI is InChI=1S/C9H13FN2O/c1-7(13)3-11-4-8-2-9(10)6-12-5-8/h2,5-7,11,13H,3-4H2,1H3. The van der Waals surface area contributed by atoms with E-state index >= 15 is 0 Å². The van der Waals surface area contributed by atoms with E-state index in [0.29, 0.717) is 13.1 Å². The SMILES string of the molecule is CC(O)CNCc1cncc(F)c1. The van der Waals surface area contributed by atoms with Crippen molar-refractivity contribution in [2.24, 2.45) is 0 Å². The number of rotatable bonds is 4. The monoisotopic (exact) mass is 184 g/mol. The Morgan fingerprint density at radius 2 is 2.38 bits per heavy atom. The highest BCUT2D eigenvalue weighted by Crippen LogP contribution is 1.99. The Balaban J connectivity index is 2.37. The molecule has 1 atom stereocenters. The molecule has 0 radical (unpaired) electrons. The van der Waals surface area contributed by atoms with Gasteiger partial charge < -0.3 is 10.4 Å². The summed E-state index contributed by atoms with van der Waals surface area (Å²) in [6.07, 6.45) is 2.37. The first-order valence-corrected chi connectivity index (χ1v) is 4.16. The van der Waals surface area contributed by atoms with Gasteiger partial charge in [0, 0.05) is 19.3 Å². The Labute approximate surface area is 76.6 Å². The van der Waals surface area contributed by atoms with Gasteiger partial charge in [0.2, 0.25) is 0 Å². The van der Waals surface area contributed by atoms with E-state index in [-0.39, 0.29) is 11.9 Å². The molecule has 0 saturated heterocycles. The summed E-state index contributed by atoms with van der Waals surface area (Å²) in [6.45, 7) is 2.71. The summed E-state index contributed by atoms with van der Waals surface area (Å²) in [7, 11) is 0. The Bertz CT molecular complexity index is 266. The minimum absolute atomic E-state index is 0.337. The molecule has 0 aliphatic carbocycles. The average molecular weight is 184 g/mol. The van der Waals surface area contributed by atoms with Crippen LogP contribution in [0.5, 0.6) is 0 Å². The lowest BCUT2D eigenvalue weighted by atomic mass is 10.3. The highest BCUT2D eigenvalue weighted by molar-refractivity contribution is 5.09. The van der Waals surface area contributed by atoms with Crippen LogP contribution in [-0.4, -0.2) is 22.7 Å². The molecule has 0 saturated carbocycles. The third-order valence-electron chi connectivity index (χ3n) is 1.53. The summed E-state index contributed by atoms with van der Waals surface area (Å²) in [4.78, 5) is 3.70. The third kappa shape index (κ3) is 3.96. The Kier molecular flexibility index (Phi) is 3.79. The number of aliphatic hydroxyl groups is 1. The fourth-order valence-electron chi connectivity index (χ4n) is 0.978. The first-order chi connectivity index (χ1) is 6.18. The molecule has 3 nitrogen and oxygen atoms in total. The molecule has 72 valence electrons. The van der Waals surface area contributed by atoms with Crippen molar-refractivity contribution in [3.63, 3.8) is 0 Å². The number of hydrogen-bond donors (Lipinski definition) is 2. The van der Waals surface area contributed by atoms with E-state index < -0.39 is 0 Å². The van der Waals surface area contributed by atoms with Gasteiger partial charge in [-0.2, -0.15) is 0 Å². The quantitative estimate of drug-likeness (QED) is 0.723. The number of aliphatic hydroxyl groups excluding tert-OH is 1. The van der Waals surface area contributed by atoms with Crippen LogP contribution in [0.25, 0.3) is 0 Å². The van der Waals surface area contributed by atoms with E-state index in [9.17, 15) is 4.39 Å². The minimum atomic E-state index is -0.387. The number of nitrogens with zero attached hydrogens (tertiary/aromatic N) is 1. The van der Waals surface area contributed by atoms with Crippen molar-refractivity contribution in [3.8, 4) is 0 Å². The smallest absolute Gasteiger partial charge is 0.141 e. The second-order valence-corrected chi connectivity index (χ2v) is 2.99. The largest absolute Gasteiger partial charge is 0.392 e. The van der Waals surface area contributed by atoms with Gasteiger partial charge in [-0.05, 0) is 18.6 Å². The molecule has 0 bridgehead atoms. The van der Waals surface area contributed by atoms with Crippen molar-refractivity contribution in [1.29, 1.82) is 0 Å². The molecule has 1 heterocycles. The molecule has 1 rings (SSSR count). The van der Waals surface area contributed by atoms with Crippen LogP contribution in [0.1, 0.15) is 12.5 Å². The number of hydrogen-bond acceptors (Lipinski definition) is 3. The predicted octanol–water partition coefficient (Wildman–Crippen LogP) is 0.691. The summed E-state index contributed by atoms with van der Waals surface area (Å²) in [5, 5.41) is 11.9. The fourth-order valence-corrected chi connectivity index (χ4v) is 0.978. The lowest BCUT2D eigenvalue weighted by Gasteiger charge is -2.06. The van der Waals surface area contributed by atoms with Crippen LogP contribution in [-0.2, 0) is 6.54 Å². The lowest BCUT2D eigenvalue weighted by molar-refractivity contribution is 0.191. The number of halogens is 1. The van der Waals surface area contributed by atoms with Crippen LogP contribution in [0.2, 0.25) is 0 Å². The fraction of sp³-hybridized carbons (Fsp3) is 0.444. The van der Waals surface area contributed by atoms with Crippen LogP contribution in [0.3, 0.4) is 0 Å². The van der Waals surface area contributed by atoms with Gasteiger partial charge in [0.1, 0.15) is 5.82 Å². The highest BCUT2D eigenvalue weighted by Gasteiger charge is 1.97. The van der Waals surface area contributed by atoms with Gasteiger partial charge in [0.25, 0.3) is 0 Å². The van der Waals surface area contributed by atoms with Crippen molar-refractivity contribution in [1.82, 2.24) is 10.3 Å². The molecule has 0 fully saturated rings. The van der Waals surface area contributed by atoms with Crippen LogP contribution in [0.15, 0.2) is 18.5 Å². The van der Waals surface area contributed by atoms with Crippen LogP contribution in [0.4, 0.5) is 4.39 Å². The number of nitrogens with one attached hydrogen (secondary N) is 1. The molecule has 4 heteroatoms. The minimum Gasteiger partial charge on any atom is -0.392 e. The molecule has 1 aromatic heterocycles. The van der Waals surface area contributed by atoms with Gasteiger partial charge in [-0.15, -0.1) is 0 Å². The van der Waals surface area contributed by atoms with Gasteiger partial charge in [-0.25, -0.2) is 4.39 Å². The molecule has 13 heavy (non-hydrogen) atoms. The van der Waals surface area contributed by atoms with Crippen LogP contribution >= 0.6 is 0 Å². The van der Waals surface area contributed by atoms with E-state index in [1.54, 1.807) is 13.1 Å². The van der Waals surface area contributed by atoms with Crippen molar-refractivity contribution >= 4 is 0 Å². The van der Waals surface area contributed by atoms with Gasteiger partial charge in [-0.3, -0.25) is 4.98 Å². The third-order valence-corrected chi connectivity index (χ3v) is 1.53. The lowest BCUT2D eigenvalue weighted by Crippen LogP contribution is -2.23. The van der Waals surface area contributed by atoms with Crippen molar-refractivity contribution in [2.75, 3.05) is 6.54 Å². The maximum Gasteiger partial charge on any atom is 0.141 e. The normalized spacial score (nSPS) is 12.8. The van der Waals surface area contributed by atoms with Crippen molar-refractivity contribution in [2.45, 2.75) is 19.6 Å². The number of pyridine rings is 1. The summed E-state index contributed by atoms with van der Waals surface area (Å²) < 4.78 is 12.6.